The van der Waals surface area contributed by atoms with Crippen LogP contribution in [0, 0.1) is 6.92 Å². The third kappa shape index (κ3) is 5.27. The molecule has 23 heavy (non-hydrogen) atoms. The summed E-state index contributed by atoms with van der Waals surface area (Å²) in [5, 5.41) is 2.80. The van der Waals surface area contributed by atoms with E-state index in [9.17, 15) is 9.59 Å². The first-order valence-corrected chi connectivity index (χ1v) is 8.10. The van der Waals surface area contributed by atoms with Crippen molar-refractivity contribution in [1.82, 2.24) is 5.32 Å². The predicted molar refractivity (Wildman–Crippen MR) is 87.5 cm³/mol. The van der Waals surface area contributed by atoms with Crippen molar-refractivity contribution in [2.24, 2.45) is 0 Å². The van der Waals surface area contributed by atoms with E-state index < -0.39 is 12.1 Å². The molecule has 1 aliphatic rings. The predicted octanol–water partition coefficient (Wildman–Crippen LogP) is 2.71. The standard InChI is InChI=1S/C18H25NO4/c1-11(2)14-6-5-12(3)16(9-14)22-10-17(20)23-13(4)18(21)19-15-7-8-15/h5-6,9,11,13,15H,7-8,10H2,1-4H3,(H,19,21)/t13-/m0/s1. The molecule has 0 radical (unpaired) electrons. The summed E-state index contributed by atoms with van der Waals surface area (Å²) < 4.78 is 10.7. The van der Waals surface area contributed by atoms with Gasteiger partial charge in [0.25, 0.3) is 5.91 Å². The van der Waals surface area contributed by atoms with E-state index in [4.69, 9.17) is 9.47 Å². The SMILES string of the molecule is Cc1ccc(C(C)C)cc1OCC(=O)O[C@@H](C)C(=O)NC1CC1. The largest absolute Gasteiger partial charge is 0.482 e. The summed E-state index contributed by atoms with van der Waals surface area (Å²) in [7, 11) is 0. The Hall–Kier alpha value is -2.04. The van der Waals surface area contributed by atoms with Gasteiger partial charge in [-0.05, 0) is 49.8 Å². The molecule has 0 unspecified atom stereocenters. The Balaban J connectivity index is 1.83. The molecule has 0 saturated heterocycles. The topological polar surface area (TPSA) is 64.6 Å². The average molecular weight is 319 g/mol. The van der Waals surface area contributed by atoms with Gasteiger partial charge in [0, 0.05) is 6.04 Å². The fourth-order valence-corrected chi connectivity index (χ4v) is 2.10. The highest BCUT2D eigenvalue weighted by atomic mass is 16.6. The van der Waals surface area contributed by atoms with E-state index in [0.29, 0.717) is 11.7 Å². The van der Waals surface area contributed by atoms with Crippen LogP contribution in [0.5, 0.6) is 5.75 Å². The summed E-state index contributed by atoms with van der Waals surface area (Å²) in [5.74, 6) is 0.260. The summed E-state index contributed by atoms with van der Waals surface area (Å²) in [6.45, 7) is 7.49. The number of rotatable bonds is 7. The molecular weight excluding hydrogens is 294 g/mol. The molecule has 0 aromatic heterocycles. The van der Waals surface area contributed by atoms with Crippen LogP contribution in [0.3, 0.4) is 0 Å². The molecular formula is C18H25NO4. The molecule has 1 amide bonds. The van der Waals surface area contributed by atoms with Gasteiger partial charge in [0.05, 0.1) is 0 Å². The number of carbonyl (C=O) groups excluding carboxylic acids is 2. The molecule has 0 aliphatic heterocycles. The lowest BCUT2D eigenvalue weighted by atomic mass is 10.0. The normalized spacial score (nSPS) is 15.2. The number of aryl methyl sites for hydroxylation is 1. The summed E-state index contributed by atoms with van der Waals surface area (Å²) >= 11 is 0. The van der Waals surface area contributed by atoms with Gasteiger partial charge in [-0.1, -0.05) is 26.0 Å². The summed E-state index contributed by atoms with van der Waals surface area (Å²) in [6.07, 6.45) is 1.21. The van der Waals surface area contributed by atoms with Crippen molar-refractivity contribution >= 4 is 11.9 Å². The Kier molecular flexibility index (Phi) is 5.64. The van der Waals surface area contributed by atoms with Crippen LogP contribution in [-0.4, -0.2) is 30.6 Å². The molecule has 1 fully saturated rings. The molecule has 0 heterocycles. The second kappa shape index (κ2) is 7.49. The van der Waals surface area contributed by atoms with Crippen molar-refractivity contribution < 1.29 is 19.1 Å². The van der Waals surface area contributed by atoms with Gasteiger partial charge in [0.15, 0.2) is 12.7 Å². The van der Waals surface area contributed by atoms with Crippen LogP contribution in [-0.2, 0) is 14.3 Å². The number of hydrogen-bond acceptors (Lipinski definition) is 4. The molecule has 5 nitrogen and oxygen atoms in total. The van der Waals surface area contributed by atoms with Crippen LogP contribution >= 0.6 is 0 Å². The van der Waals surface area contributed by atoms with Crippen LogP contribution in [0.4, 0.5) is 0 Å². The minimum atomic E-state index is -0.796. The number of ether oxygens (including phenoxy) is 2. The number of esters is 1. The maximum absolute atomic E-state index is 11.8. The van der Waals surface area contributed by atoms with Crippen LogP contribution < -0.4 is 10.1 Å². The summed E-state index contributed by atoms with van der Waals surface area (Å²) in [4.78, 5) is 23.6. The molecule has 2 rings (SSSR count). The Morgan fingerprint density at radius 3 is 2.57 bits per heavy atom. The summed E-state index contributed by atoms with van der Waals surface area (Å²) in [5.41, 5.74) is 2.11. The van der Waals surface area contributed by atoms with Crippen molar-refractivity contribution in [3.05, 3.63) is 29.3 Å². The van der Waals surface area contributed by atoms with Gasteiger partial charge in [-0.15, -0.1) is 0 Å². The maximum Gasteiger partial charge on any atom is 0.344 e. The van der Waals surface area contributed by atoms with Crippen molar-refractivity contribution in [3.63, 3.8) is 0 Å². The van der Waals surface area contributed by atoms with Gasteiger partial charge in [0.1, 0.15) is 5.75 Å². The first-order chi connectivity index (χ1) is 10.9. The molecule has 1 atom stereocenters. The van der Waals surface area contributed by atoms with Crippen LogP contribution in [0.1, 0.15) is 50.7 Å². The minimum Gasteiger partial charge on any atom is -0.482 e. The van der Waals surface area contributed by atoms with E-state index in [0.717, 1.165) is 24.0 Å². The molecule has 1 N–H and O–H groups in total. The highest BCUT2D eigenvalue weighted by Crippen LogP contribution is 2.24. The first kappa shape index (κ1) is 17.3. The number of amides is 1. The fourth-order valence-electron chi connectivity index (χ4n) is 2.10. The van der Waals surface area contributed by atoms with Gasteiger partial charge >= 0.3 is 5.97 Å². The smallest absolute Gasteiger partial charge is 0.344 e. The Morgan fingerprint density at radius 2 is 1.96 bits per heavy atom. The highest BCUT2D eigenvalue weighted by Gasteiger charge is 2.27. The maximum atomic E-state index is 11.8. The molecule has 126 valence electrons. The lowest BCUT2D eigenvalue weighted by Gasteiger charge is -2.15. The Morgan fingerprint density at radius 1 is 1.26 bits per heavy atom. The zero-order valence-electron chi connectivity index (χ0n) is 14.2. The van der Waals surface area contributed by atoms with Crippen LogP contribution in [0.15, 0.2) is 18.2 Å². The van der Waals surface area contributed by atoms with Crippen molar-refractivity contribution in [2.45, 2.75) is 58.6 Å². The molecule has 1 aliphatic carbocycles. The minimum absolute atomic E-state index is 0.205. The van der Waals surface area contributed by atoms with Crippen molar-refractivity contribution in [3.8, 4) is 5.75 Å². The highest BCUT2D eigenvalue weighted by molar-refractivity contribution is 5.84. The van der Waals surface area contributed by atoms with Gasteiger partial charge in [-0.3, -0.25) is 4.79 Å². The van der Waals surface area contributed by atoms with E-state index in [1.54, 1.807) is 6.92 Å². The Labute approximate surface area is 137 Å². The molecule has 1 aromatic rings. The fraction of sp³-hybridized carbons (Fsp3) is 0.556. The van der Waals surface area contributed by atoms with Crippen LogP contribution in [0.25, 0.3) is 0 Å². The van der Waals surface area contributed by atoms with Gasteiger partial charge < -0.3 is 14.8 Å². The quantitative estimate of drug-likeness (QED) is 0.785. The zero-order valence-corrected chi connectivity index (χ0v) is 14.2. The second-order valence-electron chi connectivity index (χ2n) is 6.38. The van der Waals surface area contributed by atoms with Gasteiger partial charge in [0.2, 0.25) is 0 Å². The summed E-state index contributed by atoms with van der Waals surface area (Å²) in [6, 6.07) is 6.22. The van der Waals surface area contributed by atoms with Gasteiger partial charge in [-0.25, -0.2) is 4.79 Å². The molecule has 0 spiro atoms. The molecule has 5 heteroatoms. The third-order valence-electron chi connectivity index (χ3n) is 3.83. The van der Waals surface area contributed by atoms with Crippen molar-refractivity contribution in [2.75, 3.05) is 6.61 Å². The average Bonchev–Trinajstić information content (AvgIpc) is 3.29. The van der Waals surface area contributed by atoms with Gasteiger partial charge in [-0.2, -0.15) is 0 Å². The number of benzene rings is 1. The monoisotopic (exact) mass is 319 g/mol. The van der Waals surface area contributed by atoms with E-state index in [2.05, 4.69) is 25.2 Å². The Bertz CT molecular complexity index is 578. The number of carbonyl (C=O) groups is 2. The lowest BCUT2D eigenvalue weighted by Crippen LogP contribution is -2.37. The molecule has 0 bridgehead atoms. The first-order valence-electron chi connectivity index (χ1n) is 8.10. The zero-order chi connectivity index (χ0) is 17.0. The number of nitrogens with one attached hydrogen (secondary N) is 1. The lowest BCUT2D eigenvalue weighted by molar-refractivity contribution is -0.156. The van der Waals surface area contributed by atoms with E-state index in [-0.39, 0.29) is 18.6 Å². The second-order valence-corrected chi connectivity index (χ2v) is 6.38. The van der Waals surface area contributed by atoms with E-state index in [1.165, 1.54) is 0 Å². The number of hydrogen-bond donors (Lipinski definition) is 1. The van der Waals surface area contributed by atoms with E-state index in [1.807, 2.05) is 19.1 Å². The van der Waals surface area contributed by atoms with E-state index >= 15 is 0 Å². The van der Waals surface area contributed by atoms with Crippen molar-refractivity contribution in [1.29, 1.82) is 0 Å². The molecule has 1 saturated carbocycles. The third-order valence-corrected chi connectivity index (χ3v) is 3.83. The van der Waals surface area contributed by atoms with Crippen LogP contribution in [0.2, 0.25) is 0 Å². The molecule has 1 aromatic carbocycles.